The number of carboxylic acid groups (broad SMARTS) is 2. The molecule has 0 aliphatic rings. The van der Waals surface area contributed by atoms with E-state index in [0.29, 0.717) is 0 Å². The molecule has 0 aromatic heterocycles. The second-order valence-corrected chi connectivity index (χ2v) is 3.26. The molecule has 1 rings (SSSR count). The third-order valence-electron chi connectivity index (χ3n) is 2.11. The number of Topliss-reactive ketones (excluding diaryl/α,β-unsaturated/α-hetero) is 1. The van der Waals surface area contributed by atoms with Gasteiger partial charge in [0.2, 0.25) is 0 Å². The first-order valence-corrected chi connectivity index (χ1v) is 4.63. The van der Waals surface area contributed by atoms with Crippen molar-refractivity contribution in [2.45, 2.75) is 12.5 Å². The minimum atomic E-state index is -2.90. The Morgan fingerprint density at radius 1 is 1.06 bits per heavy atom. The van der Waals surface area contributed by atoms with Gasteiger partial charge in [-0.15, -0.1) is 0 Å². The molecule has 0 saturated carbocycles. The Hall–Kier alpha value is -2.37. The van der Waals surface area contributed by atoms with Crippen LogP contribution in [-0.4, -0.2) is 33.5 Å². The van der Waals surface area contributed by atoms with E-state index in [1.165, 1.54) is 24.3 Å². The Morgan fingerprint density at radius 3 is 1.88 bits per heavy atom. The summed E-state index contributed by atoms with van der Waals surface area (Å²) in [6, 6.07) is 7.44. The first kappa shape index (κ1) is 12.7. The van der Waals surface area contributed by atoms with E-state index in [4.69, 9.17) is 14.9 Å². The highest BCUT2D eigenvalue weighted by molar-refractivity contribution is 6.22. The molecule has 0 heterocycles. The van der Waals surface area contributed by atoms with Gasteiger partial charge in [-0.05, 0) is 19.1 Å². The fraction of sp³-hybridized carbons (Fsp3) is 0.182. The minimum absolute atomic E-state index is 0.00694. The zero-order valence-electron chi connectivity index (χ0n) is 8.91. The number of aliphatic carboxylic acids is 2. The van der Waals surface area contributed by atoms with Crippen molar-refractivity contribution in [3.63, 3.8) is 0 Å². The maximum absolute atomic E-state index is 11.3. The van der Waals surface area contributed by atoms with Crippen LogP contribution >= 0.6 is 0 Å². The molecule has 17 heavy (non-hydrogen) atoms. The van der Waals surface area contributed by atoms with Gasteiger partial charge in [0.25, 0.3) is 0 Å². The van der Waals surface area contributed by atoms with Gasteiger partial charge in [-0.25, -0.2) is 9.59 Å². The van der Waals surface area contributed by atoms with E-state index in [0.717, 1.165) is 6.92 Å². The molecule has 6 heteroatoms. The van der Waals surface area contributed by atoms with E-state index in [1.54, 1.807) is 6.07 Å². The second-order valence-electron chi connectivity index (χ2n) is 3.26. The molecule has 0 radical (unpaired) electrons. The summed E-state index contributed by atoms with van der Waals surface area (Å²) in [5, 5.41) is 17.8. The van der Waals surface area contributed by atoms with Crippen molar-refractivity contribution in [3.8, 4) is 5.75 Å². The summed E-state index contributed by atoms with van der Waals surface area (Å²) in [7, 11) is 0. The molecule has 0 aliphatic carbocycles. The van der Waals surface area contributed by atoms with Crippen molar-refractivity contribution in [1.29, 1.82) is 0 Å². The lowest BCUT2D eigenvalue weighted by molar-refractivity contribution is -0.174. The number of para-hydroxylation sites is 1. The Labute approximate surface area is 96.4 Å². The van der Waals surface area contributed by atoms with Gasteiger partial charge in [0.05, 0.1) is 0 Å². The van der Waals surface area contributed by atoms with Crippen LogP contribution in [0.4, 0.5) is 0 Å². The lowest BCUT2D eigenvalue weighted by atomic mass is 9.99. The maximum Gasteiger partial charge on any atom is 0.368 e. The SMILES string of the molecule is CC(=O)C(Oc1ccccc1)(C(=O)O)C(=O)O. The van der Waals surface area contributed by atoms with Gasteiger partial charge in [0.1, 0.15) is 5.75 Å². The number of hydrogen-bond acceptors (Lipinski definition) is 4. The Morgan fingerprint density at radius 2 is 1.53 bits per heavy atom. The molecule has 0 amide bonds. The maximum atomic E-state index is 11.3. The predicted molar refractivity (Wildman–Crippen MR) is 55.8 cm³/mol. The highest BCUT2D eigenvalue weighted by atomic mass is 16.6. The van der Waals surface area contributed by atoms with Gasteiger partial charge in [0.15, 0.2) is 5.78 Å². The summed E-state index contributed by atoms with van der Waals surface area (Å²) in [6.45, 7) is 0.852. The summed E-state index contributed by atoms with van der Waals surface area (Å²) in [5.74, 6) is -4.84. The van der Waals surface area contributed by atoms with Crippen LogP contribution < -0.4 is 4.74 Å². The molecule has 0 spiro atoms. The molecule has 0 bridgehead atoms. The molecule has 0 unspecified atom stereocenters. The normalized spacial score (nSPS) is 10.6. The number of benzene rings is 1. The van der Waals surface area contributed by atoms with Crippen molar-refractivity contribution in [1.82, 2.24) is 0 Å². The van der Waals surface area contributed by atoms with Gasteiger partial charge >= 0.3 is 17.5 Å². The quantitative estimate of drug-likeness (QED) is 0.727. The van der Waals surface area contributed by atoms with E-state index < -0.39 is 23.3 Å². The van der Waals surface area contributed by atoms with Gasteiger partial charge in [-0.1, -0.05) is 18.2 Å². The van der Waals surface area contributed by atoms with Crippen LogP contribution in [0.5, 0.6) is 5.75 Å². The van der Waals surface area contributed by atoms with Crippen molar-refractivity contribution < 1.29 is 29.3 Å². The van der Waals surface area contributed by atoms with Gasteiger partial charge in [-0.3, -0.25) is 4.79 Å². The Balaban J connectivity index is 3.21. The first-order valence-electron chi connectivity index (χ1n) is 4.63. The summed E-state index contributed by atoms with van der Waals surface area (Å²) in [6.07, 6.45) is 0. The highest BCUT2D eigenvalue weighted by Gasteiger charge is 2.54. The third-order valence-corrected chi connectivity index (χ3v) is 2.11. The van der Waals surface area contributed by atoms with Crippen LogP contribution in [0.2, 0.25) is 0 Å². The molecule has 0 aliphatic heterocycles. The summed E-state index contributed by atoms with van der Waals surface area (Å²) in [4.78, 5) is 33.2. The number of hydrogen-bond donors (Lipinski definition) is 2. The number of carbonyl (C=O) groups excluding carboxylic acids is 1. The molecule has 6 nitrogen and oxygen atoms in total. The van der Waals surface area contributed by atoms with E-state index in [1.807, 2.05) is 0 Å². The van der Waals surface area contributed by atoms with Crippen molar-refractivity contribution in [2.24, 2.45) is 0 Å². The summed E-state index contributed by atoms with van der Waals surface area (Å²) in [5.41, 5.74) is -2.90. The van der Waals surface area contributed by atoms with E-state index in [9.17, 15) is 14.4 Å². The molecule has 90 valence electrons. The smallest absolute Gasteiger partial charge is 0.368 e. The topological polar surface area (TPSA) is 101 Å². The molecule has 1 aromatic carbocycles. The number of carbonyl (C=O) groups is 3. The van der Waals surface area contributed by atoms with Crippen molar-refractivity contribution in [2.75, 3.05) is 0 Å². The standard InChI is InChI=1S/C11H10O6/c1-7(12)11(9(13)14,10(15)16)17-8-5-3-2-4-6-8/h2-6H,1H3,(H,13,14)(H,15,16). The van der Waals surface area contributed by atoms with E-state index in [-0.39, 0.29) is 5.75 Å². The summed E-state index contributed by atoms with van der Waals surface area (Å²) >= 11 is 0. The molecular weight excluding hydrogens is 228 g/mol. The predicted octanol–water partition coefficient (Wildman–Crippen LogP) is 0.562. The van der Waals surface area contributed by atoms with Crippen molar-refractivity contribution >= 4 is 17.7 Å². The number of ether oxygens (including phenoxy) is 1. The third kappa shape index (κ3) is 2.25. The average molecular weight is 238 g/mol. The average Bonchev–Trinajstić information content (AvgIpc) is 2.25. The van der Waals surface area contributed by atoms with Crippen LogP contribution in [-0.2, 0) is 14.4 Å². The molecular formula is C11H10O6. The fourth-order valence-electron chi connectivity index (χ4n) is 1.22. The molecule has 1 aromatic rings. The molecule has 0 fully saturated rings. The number of carboxylic acids is 2. The highest BCUT2D eigenvalue weighted by Crippen LogP contribution is 2.20. The fourth-order valence-corrected chi connectivity index (χ4v) is 1.22. The molecule has 0 atom stereocenters. The van der Waals surface area contributed by atoms with E-state index >= 15 is 0 Å². The Bertz CT molecular complexity index is 414. The largest absolute Gasteiger partial charge is 0.477 e. The Kier molecular flexibility index (Phi) is 3.47. The van der Waals surface area contributed by atoms with Gasteiger partial charge < -0.3 is 14.9 Å². The first-order chi connectivity index (χ1) is 7.91. The van der Waals surface area contributed by atoms with Gasteiger partial charge in [-0.2, -0.15) is 0 Å². The van der Waals surface area contributed by atoms with Crippen LogP contribution in [0, 0.1) is 0 Å². The lowest BCUT2D eigenvalue weighted by Crippen LogP contribution is -2.57. The monoisotopic (exact) mass is 238 g/mol. The molecule has 2 N–H and O–H groups in total. The van der Waals surface area contributed by atoms with Crippen molar-refractivity contribution in [3.05, 3.63) is 30.3 Å². The van der Waals surface area contributed by atoms with Crippen LogP contribution in [0.1, 0.15) is 6.92 Å². The van der Waals surface area contributed by atoms with Crippen LogP contribution in [0.3, 0.4) is 0 Å². The second kappa shape index (κ2) is 4.65. The van der Waals surface area contributed by atoms with Gasteiger partial charge in [0, 0.05) is 0 Å². The molecule has 0 saturated heterocycles. The van der Waals surface area contributed by atoms with Crippen LogP contribution in [0.25, 0.3) is 0 Å². The number of rotatable bonds is 5. The lowest BCUT2D eigenvalue weighted by Gasteiger charge is -2.23. The van der Waals surface area contributed by atoms with Crippen LogP contribution in [0.15, 0.2) is 30.3 Å². The van der Waals surface area contributed by atoms with E-state index in [2.05, 4.69) is 0 Å². The zero-order valence-corrected chi connectivity index (χ0v) is 8.91. The zero-order chi connectivity index (χ0) is 13.1. The minimum Gasteiger partial charge on any atom is -0.477 e. The number of ketones is 1. The summed E-state index contributed by atoms with van der Waals surface area (Å²) < 4.78 is 4.84.